The fourth-order valence-corrected chi connectivity index (χ4v) is 4.55. The molecule has 7 nitrogen and oxygen atoms in total. The topological polar surface area (TPSA) is 82.8 Å². The molecular formula is C24H31N5O2. The summed E-state index contributed by atoms with van der Waals surface area (Å²) in [5, 5.41) is 12.4. The summed E-state index contributed by atoms with van der Waals surface area (Å²) in [5.74, 6) is 2.83. The molecule has 164 valence electrons. The molecule has 1 aromatic heterocycles. The Bertz CT molecular complexity index is 876. The number of nitriles is 1. The van der Waals surface area contributed by atoms with E-state index in [0.29, 0.717) is 23.1 Å². The van der Waals surface area contributed by atoms with Crippen LogP contribution in [0.2, 0.25) is 0 Å². The van der Waals surface area contributed by atoms with Gasteiger partial charge in [-0.1, -0.05) is 6.58 Å². The Kier molecular flexibility index (Phi) is 7.00. The smallest absolute Gasteiger partial charge is 0.133 e. The lowest BCUT2D eigenvalue weighted by Gasteiger charge is -2.25. The highest BCUT2D eigenvalue weighted by Gasteiger charge is 2.41. The number of aromatic nitrogens is 1. The standard InChI is InChI=1S/C24H31N5O2/c1-2-21(27-22-15-20(16-25)5-10-26-22)28-23(4-3-19-6-12-30-13-7-19)29-11-8-24(17-29)9-14-31-18-24/h2,4-5,10,15,19H,1,3,6-9,11-14,17-18H2,(H,26,27,28)/b23-4+. The number of allylic oxidation sites excluding steroid dienone is 1. The molecular weight excluding hydrogens is 390 g/mol. The Morgan fingerprint density at radius 1 is 1.35 bits per heavy atom. The molecule has 1 aromatic rings. The number of ether oxygens (including phenoxy) is 2. The van der Waals surface area contributed by atoms with Gasteiger partial charge < -0.3 is 19.7 Å². The molecule has 0 aliphatic carbocycles. The minimum Gasteiger partial charge on any atom is -0.381 e. The van der Waals surface area contributed by atoms with Crippen molar-refractivity contribution in [3.8, 4) is 6.07 Å². The van der Waals surface area contributed by atoms with Crippen molar-refractivity contribution in [3.05, 3.63) is 48.4 Å². The first-order valence-electron chi connectivity index (χ1n) is 11.1. The monoisotopic (exact) mass is 421 g/mol. The molecule has 3 fully saturated rings. The van der Waals surface area contributed by atoms with Gasteiger partial charge in [0.05, 0.1) is 18.2 Å². The minimum atomic E-state index is 0.262. The van der Waals surface area contributed by atoms with Crippen LogP contribution in [0.1, 0.15) is 37.7 Å². The Morgan fingerprint density at radius 3 is 2.97 bits per heavy atom. The van der Waals surface area contributed by atoms with E-state index in [1.807, 2.05) is 0 Å². The SMILES string of the molecule is C=C/C(=N\C(=C/CC1CCOCC1)N1CCC2(CCOC2)C1)Nc1cc(C#N)ccn1. The maximum absolute atomic E-state index is 9.15. The number of hydrogen-bond acceptors (Lipinski definition) is 6. The second-order valence-corrected chi connectivity index (χ2v) is 8.70. The number of nitrogens with zero attached hydrogens (tertiary/aromatic N) is 4. The first-order valence-corrected chi connectivity index (χ1v) is 11.1. The molecule has 0 aromatic carbocycles. The number of rotatable bonds is 6. The van der Waals surface area contributed by atoms with Gasteiger partial charge in [-0.15, -0.1) is 0 Å². The molecule has 3 aliphatic heterocycles. The molecule has 0 amide bonds. The molecule has 3 saturated heterocycles. The maximum Gasteiger partial charge on any atom is 0.133 e. The average molecular weight is 422 g/mol. The van der Waals surface area contributed by atoms with Crippen molar-refractivity contribution in [2.75, 3.05) is 44.8 Å². The quantitative estimate of drug-likeness (QED) is 0.557. The van der Waals surface area contributed by atoms with Gasteiger partial charge in [0, 0.05) is 44.5 Å². The molecule has 0 bridgehead atoms. The molecule has 31 heavy (non-hydrogen) atoms. The van der Waals surface area contributed by atoms with Crippen molar-refractivity contribution < 1.29 is 9.47 Å². The molecule has 1 unspecified atom stereocenters. The highest BCUT2D eigenvalue weighted by atomic mass is 16.5. The second-order valence-electron chi connectivity index (χ2n) is 8.70. The average Bonchev–Trinajstić information content (AvgIpc) is 3.46. The minimum absolute atomic E-state index is 0.262. The fourth-order valence-electron chi connectivity index (χ4n) is 4.55. The van der Waals surface area contributed by atoms with Gasteiger partial charge in [-0.3, -0.25) is 0 Å². The molecule has 3 aliphatic rings. The lowest BCUT2D eigenvalue weighted by molar-refractivity contribution is 0.0671. The van der Waals surface area contributed by atoms with Gasteiger partial charge in [-0.05, 0) is 62.3 Å². The summed E-state index contributed by atoms with van der Waals surface area (Å²) < 4.78 is 11.2. The summed E-state index contributed by atoms with van der Waals surface area (Å²) >= 11 is 0. The normalized spacial score (nSPS) is 25.1. The largest absolute Gasteiger partial charge is 0.381 e. The lowest BCUT2D eigenvalue weighted by Crippen LogP contribution is -2.27. The predicted octanol–water partition coefficient (Wildman–Crippen LogP) is 3.72. The number of pyridine rings is 1. The second kappa shape index (κ2) is 10.1. The van der Waals surface area contributed by atoms with Crippen LogP contribution in [0, 0.1) is 22.7 Å². The molecule has 1 N–H and O–H groups in total. The third kappa shape index (κ3) is 5.52. The van der Waals surface area contributed by atoms with Gasteiger partial charge in [-0.25, -0.2) is 9.98 Å². The van der Waals surface area contributed by atoms with Crippen molar-refractivity contribution in [2.45, 2.75) is 32.1 Å². The van der Waals surface area contributed by atoms with Crippen molar-refractivity contribution in [1.82, 2.24) is 9.88 Å². The third-order valence-corrected chi connectivity index (χ3v) is 6.50. The van der Waals surface area contributed by atoms with Crippen molar-refractivity contribution in [3.63, 3.8) is 0 Å². The van der Waals surface area contributed by atoms with Crippen LogP contribution >= 0.6 is 0 Å². The van der Waals surface area contributed by atoms with E-state index in [2.05, 4.69) is 33.9 Å². The third-order valence-electron chi connectivity index (χ3n) is 6.50. The Balaban J connectivity index is 1.54. The molecule has 1 atom stereocenters. The van der Waals surface area contributed by atoms with Gasteiger partial charge in [0.1, 0.15) is 17.5 Å². The van der Waals surface area contributed by atoms with Crippen LogP contribution in [0.5, 0.6) is 0 Å². The molecule has 0 saturated carbocycles. The number of likely N-dealkylation sites (tertiary alicyclic amines) is 1. The molecule has 0 radical (unpaired) electrons. The number of hydrogen-bond donors (Lipinski definition) is 1. The number of anilines is 1. The van der Waals surface area contributed by atoms with E-state index in [9.17, 15) is 0 Å². The summed E-state index contributed by atoms with van der Waals surface area (Å²) in [6.07, 6.45) is 11.0. The van der Waals surface area contributed by atoms with Crippen LogP contribution in [0.4, 0.5) is 5.82 Å². The van der Waals surface area contributed by atoms with Crippen molar-refractivity contribution in [1.29, 1.82) is 5.26 Å². The Morgan fingerprint density at radius 2 is 2.23 bits per heavy atom. The number of amidine groups is 1. The molecule has 4 heterocycles. The van der Waals surface area contributed by atoms with Crippen molar-refractivity contribution >= 4 is 11.7 Å². The van der Waals surface area contributed by atoms with Crippen LogP contribution in [0.15, 0.2) is 47.9 Å². The van der Waals surface area contributed by atoms with Gasteiger partial charge >= 0.3 is 0 Å². The molecule has 4 rings (SSSR count). The van der Waals surface area contributed by atoms with E-state index in [4.69, 9.17) is 19.7 Å². The zero-order chi connectivity index (χ0) is 21.5. The first kappa shape index (κ1) is 21.5. The summed E-state index contributed by atoms with van der Waals surface area (Å²) in [5.41, 5.74) is 0.816. The van der Waals surface area contributed by atoms with E-state index >= 15 is 0 Å². The van der Waals surface area contributed by atoms with E-state index < -0.39 is 0 Å². The van der Waals surface area contributed by atoms with Gasteiger partial charge in [-0.2, -0.15) is 5.26 Å². The van der Waals surface area contributed by atoms with Crippen LogP contribution in [0.25, 0.3) is 0 Å². The van der Waals surface area contributed by atoms with Gasteiger partial charge in [0.25, 0.3) is 0 Å². The first-order chi connectivity index (χ1) is 15.2. The summed E-state index contributed by atoms with van der Waals surface area (Å²) in [6, 6.07) is 5.54. The van der Waals surface area contributed by atoms with Gasteiger partial charge in [0.2, 0.25) is 0 Å². The highest BCUT2D eigenvalue weighted by molar-refractivity contribution is 6.03. The summed E-state index contributed by atoms with van der Waals surface area (Å²) in [7, 11) is 0. The van der Waals surface area contributed by atoms with E-state index in [0.717, 1.165) is 77.4 Å². The zero-order valence-electron chi connectivity index (χ0n) is 18.1. The Hall–Kier alpha value is -2.69. The van der Waals surface area contributed by atoms with E-state index in [1.54, 1.807) is 24.4 Å². The van der Waals surface area contributed by atoms with E-state index in [1.165, 1.54) is 0 Å². The molecule has 7 heteroatoms. The maximum atomic E-state index is 9.15. The van der Waals surface area contributed by atoms with Crippen LogP contribution < -0.4 is 5.32 Å². The zero-order valence-corrected chi connectivity index (χ0v) is 18.1. The highest BCUT2D eigenvalue weighted by Crippen LogP contribution is 2.40. The predicted molar refractivity (Wildman–Crippen MR) is 121 cm³/mol. The summed E-state index contributed by atoms with van der Waals surface area (Å²) in [6.45, 7) is 9.29. The Labute approximate surface area is 184 Å². The number of nitrogens with one attached hydrogen (secondary N) is 1. The molecule has 1 spiro atoms. The van der Waals surface area contributed by atoms with Crippen molar-refractivity contribution in [2.24, 2.45) is 16.3 Å². The lowest BCUT2D eigenvalue weighted by atomic mass is 9.87. The van der Waals surface area contributed by atoms with Crippen LogP contribution in [0.3, 0.4) is 0 Å². The van der Waals surface area contributed by atoms with E-state index in [-0.39, 0.29) is 5.41 Å². The van der Waals surface area contributed by atoms with Crippen LogP contribution in [-0.4, -0.2) is 55.2 Å². The fraction of sp³-hybridized carbons (Fsp3) is 0.542. The number of aliphatic imine (C=N–C) groups is 1. The van der Waals surface area contributed by atoms with Crippen LogP contribution in [-0.2, 0) is 9.47 Å². The summed E-state index contributed by atoms with van der Waals surface area (Å²) in [4.78, 5) is 11.6. The van der Waals surface area contributed by atoms with Gasteiger partial charge in [0.15, 0.2) is 0 Å².